The van der Waals surface area contributed by atoms with Gasteiger partial charge in [0.1, 0.15) is 4.90 Å². The first-order valence-corrected chi connectivity index (χ1v) is 9.07. The van der Waals surface area contributed by atoms with E-state index in [1.54, 1.807) is 6.92 Å². The Hall–Kier alpha value is -1.26. The molecular weight excluding hydrogens is 314 g/mol. The zero-order chi connectivity index (χ0) is 15.7. The lowest BCUT2D eigenvalue weighted by Gasteiger charge is -2.38. The largest absolute Gasteiger partial charge is 0.409 e. The Labute approximate surface area is 127 Å². The van der Waals surface area contributed by atoms with Gasteiger partial charge in [-0.05, 0) is 26.0 Å². The highest BCUT2D eigenvalue weighted by Gasteiger charge is 2.41. The van der Waals surface area contributed by atoms with Crippen LogP contribution in [0.4, 0.5) is 0 Å². The van der Waals surface area contributed by atoms with Crippen molar-refractivity contribution < 1.29 is 13.6 Å². The van der Waals surface area contributed by atoms with Crippen LogP contribution in [0.2, 0.25) is 0 Å². The molecule has 0 unspecified atom stereocenters. The van der Waals surface area contributed by atoms with E-state index >= 15 is 0 Å². The maximum atomic E-state index is 12.6. The highest BCUT2D eigenvalue weighted by atomic mass is 32.2. The average Bonchev–Trinajstić information content (AvgIpc) is 2.93. The van der Waals surface area contributed by atoms with Crippen molar-refractivity contribution in [2.45, 2.75) is 29.4 Å². The SMILES string of the molecule is CSC1(C(N)=NO)CCN(S(=O)(=O)c2cn[nH]c2C)CC1. The number of oxime groups is 1. The summed E-state index contributed by atoms with van der Waals surface area (Å²) >= 11 is 1.48. The highest BCUT2D eigenvalue weighted by Crippen LogP contribution is 2.36. The third-order valence-electron chi connectivity index (χ3n) is 3.90. The fourth-order valence-electron chi connectivity index (χ4n) is 2.48. The van der Waals surface area contributed by atoms with E-state index in [-0.39, 0.29) is 10.7 Å². The Morgan fingerprint density at radius 3 is 2.62 bits per heavy atom. The fourth-order valence-corrected chi connectivity index (χ4v) is 4.88. The molecule has 118 valence electrons. The first-order chi connectivity index (χ1) is 9.87. The smallest absolute Gasteiger partial charge is 0.246 e. The number of aromatic amines is 1. The summed E-state index contributed by atoms with van der Waals surface area (Å²) in [7, 11) is -3.55. The summed E-state index contributed by atoms with van der Waals surface area (Å²) in [5.74, 6) is 0.145. The van der Waals surface area contributed by atoms with Gasteiger partial charge in [0.2, 0.25) is 10.0 Å². The molecule has 1 aromatic heterocycles. The van der Waals surface area contributed by atoms with Crippen LogP contribution in [0.5, 0.6) is 0 Å². The summed E-state index contributed by atoms with van der Waals surface area (Å²) in [6.45, 7) is 2.32. The first kappa shape index (κ1) is 16.1. The molecule has 1 aromatic rings. The molecule has 1 aliphatic heterocycles. The molecule has 4 N–H and O–H groups in total. The predicted molar refractivity (Wildman–Crippen MR) is 81.0 cm³/mol. The van der Waals surface area contributed by atoms with Gasteiger partial charge in [0, 0.05) is 13.1 Å². The number of amidine groups is 1. The molecule has 21 heavy (non-hydrogen) atoms. The third kappa shape index (κ3) is 2.74. The van der Waals surface area contributed by atoms with Crippen molar-refractivity contribution in [3.05, 3.63) is 11.9 Å². The van der Waals surface area contributed by atoms with E-state index in [4.69, 9.17) is 10.9 Å². The Morgan fingerprint density at radius 2 is 2.19 bits per heavy atom. The van der Waals surface area contributed by atoms with E-state index < -0.39 is 14.8 Å². The van der Waals surface area contributed by atoms with Crippen molar-refractivity contribution in [3.8, 4) is 0 Å². The maximum Gasteiger partial charge on any atom is 0.246 e. The van der Waals surface area contributed by atoms with Gasteiger partial charge in [-0.3, -0.25) is 5.10 Å². The van der Waals surface area contributed by atoms with E-state index in [2.05, 4.69) is 15.4 Å². The number of sulfonamides is 1. The number of hydrogen-bond donors (Lipinski definition) is 3. The van der Waals surface area contributed by atoms with Gasteiger partial charge in [0.05, 0.1) is 16.6 Å². The molecule has 1 fully saturated rings. The Kier molecular flexibility index (Phi) is 4.49. The summed E-state index contributed by atoms with van der Waals surface area (Å²) in [4.78, 5) is 0.197. The van der Waals surface area contributed by atoms with E-state index in [0.29, 0.717) is 31.6 Å². The zero-order valence-corrected chi connectivity index (χ0v) is 13.5. The molecule has 2 rings (SSSR count). The molecule has 10 heteroatoms. The second-order valence-corrected chi connectivity index (χ2v) is 8.04. The minimum absolute atomic E-state index is 0.145. The van der Waals surface area contributed by atoms with Gasteiger partial charge in [-0.25, -0.2) is 8.42 Å². The van der Waals surface area contributed by atoms with Crippen LogP contribution in [0.1, 0.15) is 18.5 Å². The lowest BCUT2D eigenvalue weighted by Crippen LogP contribution is -2.51. The molecule has 0 amide bonds. The van der Waals surface area contributed by atoms with Crippen LogP contribution >= 0.6 is 11.8 Å². The molecule has 0 aromatic carbocycles. The number of piperidine rings is 1. The monoisotopic (exact) mass is 333 g/mol. The molecule has 0 atom stereocenters. The van der Waals surface area contributed by atoms with Crippen LogP contribution in [0.25, 0.3) is 0 Å². The van der Waals surface area contributed by atoms with E-state index in [0.717, 1.165) is 0 Å². The van der Waals surface area contributed by atoms with Crippen molar-refractivity contribution in [3.63, 3.8) is 0 Å². The number of rotatable bonds is 4. The topological polar surface area (TPSA) is 125 Å². The molecule has 0 aliphatic carbocycles. The van der Waals surface area contributed by atoms with Gasteiger partial charge in [0.15, 0.2) is 5.84 Å². The number of H-pyrrole nitrogens is 1. The van der Waals surface area contributed by atoms with Crippen molar-refractivity contribution in [1.29, 1.82) is 0 Å². The Balaban J connectivity index is 2.20. The van der Waals surface area contributed by atoms with Gasteiger partial charge in [0.25, 0.3) is 0 Å². The number of nitrogens with two attached hydrogens (primary N) is 1. The standard InChI is InChI=1S/C11H19N5O3S2/c1-8-9(7-13-14-8)21(18,19)16-5-3-11(20-2,4-6-16)10(12)15-17/h7,17H,3-6H2,1-2H3,(H2,12,15)(H,13,14). The van der Waals surface area contributed by atoms with Gasteiger partial charge >= 0.3 is 0 Å². The summed E-state index contributed by atoms with van der Waals surface area (Å²) in [5.41, 5.74) is 6.28. The Bertz CT molecular complexity index is 632. The molecule has 0 bridgehead atoms. The normalized spacial score (nSPS) is 20.6. The quantitative estimate of drug-likeness (QED) is 0.316. The maximum absolute atomic E-state index is 12.6. The second-order valence-electron chi connectivity index (χ2n) is 4.95. The van der Waals surface area contributed by atoms with Crippen molar-refractivity contribution in [1.82, 2.24) is 14.5 Å². The predicted octanol–water partition coefficient (Wildman–Crippen LogP) is 0.351. The summed E-state index contributed by atoms with van der Waals surface area (Å²) < 4.78 is 26.0. The minimum atomic E-state index is -3.55. The minimum Gasteiger partial charge on any atom is -0.409 e. The molecular formula is C11H19N5O3S2. The number of thioether (sulfide) groups is 1. The summed E-state index contributed by atoms with van der Waals surface area (Å²) in [6, 6.07) is 0. The summed E-state index contributed by atoms with van der Waals surface area (Å²) in [5, 5.41) is 18.4. The molecule has 8 nitrogen and oxygen atoms in total. The molecule has 0 radical (unpaired) electrons. The number of aromatic nitrogens is 2. The Morgan fingerprint density at radius 1 is 1.57 bits per heavy atom. The third-order valence-corrected chi connectivity index (χ3v) is 7.31. The summed E-state index contributed by atoms with van der Waals surface area (Å²) in [6.07, 6.45) is 4.20. The highest BCUT2D eigenvalue weighted by molar-refractivity contribution is 8.00. The van der Waals surface area contributed by atoms with Gasteiger partial charge < -0.3 is 10.9 Å². The van der Waals surface area contributed by atoms with Crippen LogP contribution in [0.15, 0.2) is 16.2 Å². The van der Waals surface area contributed by atoms with Gasteiger partial charge in [-0.15, -0.1) is 0 Å². The molecule has 2 heterocycles. The molecule has 0 saturated carbocycles. The van der Waals surface area contributed by atoms with Crippen LogP contribution in [0.3, 0.4) is 0 Å². The van der Waals surface area contributed by atoms with Crippen LogP contribution in [-0.2, 0) is 10.0 Å². The first-order valence-electron chi connectivity index (χ1n) is 6.40. The van der Waals surface area contributed by atoms with Crippen molar-refractivity contribution >= 4 is 27.6 Å². The zero-order valence-electron chi connectivity index (χ0n) is 11.9. The fraction of sp³-hybridized carbons (Fsp3) is 0.636. The number of nitrogens with one attached hydrogen (secondary N) is 1. The van der Waals surface area contributed by atoms with E-state index in [1.807, 2.05) is 6.26 Å². The molecule has 0 spiro atoms. The van der Waals surface area contributed by atoms with Crippen LogP contribution in [0, 0.1) is 6.92 Å². The average molecular weight is 333 g/mol. The van der Waals surface area contributed by atoms with Gasteiger partial charge in [-0.2, -0.15) is 21.2 Å². The number of nitrogens with zero attached hydrogens (tertiary/aromatic N) is 3. The lowest BCUT2D eigenvalue weighted by atomic mass is 9.96. The van der Waals surface area contributed by atoms with Crippen LogP contribution < -0.4 is 5.73 Å². The second kappa shape index (κ2) is 5.85. The van der Waals surface area contributed by atoms with E-state index in [9.17, 15) is 8.42 Å². The molecule has 1 aliphatic rings. The van der Waals surface area contributed by atoms with Crippen molar-refractivity contribution in [2.75, 3.05) is 19.3 Å². The molecule has 1 saturated heterocycles. The van der Waals surface area contributed by atoms with Crippen LogP contribution in [-0.4, -0.2) is 58.1 Å². The van der Waals surface area contributed by atoms with Gasteiger partial charge in [-0.1, -0.05) is 5.16 Å². The number of hydrogen-bond acceptors (Lipinski definition) is 6. The number of aryl methyl sites for hydroxylation is 1. The van der Waals surface area contributed by atoms with E-state index in [1.165, 1.54) is 22.3 Å². The van der Waals surface area contributed by atoms with Crippen molar-refractivity contribution in [2.24, 2.45) is 10.9 Å². The lowest BCUT2D eigenvalue weighted by molar-refractivity contribution is 0.300.